The van der Waals surface area contributed by atoms with E-state index in [1.807, 2.05) is 6.07 Å². The first-order valence-electron chi connectivity index (χ1n) is 7.23. The molecular formula is C16H20NO3+. The van der Waals surface area contributed by atoms with Crippen LogP contribution in [0.5, 0.6) is 0 Å². The highest BCUT2D eigenvalue weighted by atomic mass is 16.5. The van der Waals surface area contributed by atoms with Crippen molar-refractivity contribution in [1.29, 1.82) is 0 Å². The number of ether oxygens (including phenoxy) is 1. The van der Waals surface area contributed by atoms with Crippen molar-refractivity contribution in [3.8, 4) is 0 Å². The molecule has 106 valence electrons. The third-order valence-electron chi connectivity index (χ3n) is 3.94. The highest BCUT2D eigenvalue weighted by Gasteiger charge is 2.16. The van der Waals surface area contributed by atoms with Crippen molar-refractivity contribution in [3.63, 3.8) is 0 Å². The number of aryl methyl sites for hydroxylation is 1. The lowest BCUT2D eigenvalue weighted by atomic mass is 10.1. The minimum Gasteiger partial charge on any atom is -0.423 e. The van der Waals surface area contributed by atoms with Gasteiger partial charge in [0.1, 0.15) is 25.2 Å². The molecule has 4 nitrogen and oxygen atoms in total. The minimum absolute atomic E-state index is 0.256. The summed E-state index contributed by atoms with van der Waals surface area (Å²) in [6.07, 6.45) is 0.943. The van der Waals surface area contributed by atoms with E-state index in [0.29, 0.717) is 5.58 Å². The predicted octanol–water partition coefficient (Wildman–Crippen LogP) is 0.770. The number of rotatable bonds is 3. The lowest BCUT2D eigenvalue weighted by Gasteiger charge is -2.24. The molecule has 1 aliphatic heterocycles. The number of fused-ring (bicyclic) bond motifs is 1. The second kappa shape index (κ2) is 5.77. The molecule has 0 saturated carbocycles. The molecule has 3 rings (SSSR count). The zero-order valence-corrected chi connectivity index (χ0v) is 11.8. The average Bonchev–Trinajstić information content (AvgIpc) is 2.47. The third kappa shape index (κ3) is 2.76. The van der Waals surface area contributed by atoms with Crippen molar-refractivity contribution in [2.75, 3.05) is 26.3 Å². The molecule has 1 aromatic carbocycles. The van der Waals surface area contributed by atoms with Gasteiger partial charge in [-0.2, -0.15) is 0 Å². The van der Waals surface area contributed by atoms with Crippen LogP contribution in [0.3, 0.4) is 0 Å². The molecule has 1 saturated heterocycles. The van der Waals surface area contributed by atoms with Crippen LogP contribution in [-0.2, 0) is 17.7 Å². The first-order chi connectivity index (χ1) is 9.76. The van der Waals surface area contributed by atoms with Crippen LogP contribution < -0.4 is 10.5 Å². The molecule has 0 atom stereocenters. The molecule has 1 aromatic heterocycles. The van der Waals surface area contributed by atoms with Crippen LogP contribution in [0.25, 0.3) is 11.0 Å². The van der Waals surface area contributed by atoms with Crippen molar-refractivity contribution in [2.45, 2.75) is 19.9 Å². The Labute approximate surface area is 118 Å². The largest absolute Gasteiger partial charge is 0.423 e. The number of quaternary nitrogens is 1. The van der Waals surface area contributed by atoms with Gasteiger partial charge in [-0.15, -0.1) is 0 Å². The Balaban J connectivity index is 1.98. The standard InChI is InChI=1S/C16H19NO3/c1-2-12-3-4-14-13(10-16(18)20-15(14)9-12)11-17-5-7-19-8-6-17/h3-4,9-10H,2,5-8,11H2,1H3/p+1. The SMILES string of the molecule is CCc1ccc2c(C[NH+]3CCOCC3)cc(=O)oc2c1. The molecule has 4 heteroatoms. The van der Waals surface area contributed by atoms with Crippen molar-refractivity contribution < 1.29 is 14.1 Å². The summed E-state index contributed by atoms with van der Waals surface area (Å²) in [5.41, 5.74) is 2.72. The summed E-state index contributed by atoms with van der Waals surface area (Å²) in [4.78, 5) is 13.2. The van der Waals surface area contributed by atoms with Gasteiger partial charge in [0.25, 0.3) is 0 Å². The van der Waals surface area contributed by atoms with E-state index in [4.69, 9.17) is 9.15 Å². The molecule has 0 radical (unpaired) electrons. The number of benzene rings is 1. The zero-order valence-electron chi connectivity index (χ0n) is 11.8. The van der Waals surface area contributed by atoms with E-state index in [0.717, 1.165) is 50.2 Å². The lowest BCUT2D eigenvalue weighted by Crippen LogP contribution is -3.12. The molecule has 0 unspecified atom stereocenters. The Morgan fingerprint density at radius 3 is 2.75 bits per heavy atom. The molecule has 2 aromatic rings. The summed E-state index contributed by atoms with van der Waals surface area (Å²) in [5, 5.41) is 1.06. The van der Waals surface area contributed by atoms with Gasteiger partial charge in [-0.05, 0) is 18.1 Å². The Morgan fingerprint density at radius 1 is 1.20 bits per heavy atom. The van der Waals surface area contributed by atoms with Gasteiger partial charge in [-0.3, -0.25) is 0 Å². The van der Waals surface area contributed by atoms with E-state index in [-0.39, 0.29) is 5.63 Å². The summed E-state index contributed by atoms with van der Waals surface area (Å²) < 4.78 is 10.7. The van der Waals surface area contributed by atoms with E-state index < -0.39 is 0 Å². The van der Waals surface area contributed by atoms with Gasteiger partial charge in [-0.1, -0.05) is 19.1 Å². The number of nitrogens with one attached hydrogen (secondary N) is 1. The highest BCUT2D eigenvalue weighted by Crippen LogP contribution is 2.18. The second-order valence-electron chi connectivity index (χ2n) is 5.31. The minimum atomic E-state index is -0.256. The molecular weight excluding hydrogens is 254 g/mol. The van der Waals surface area contributed by atoms with Gasteiger partial charge in [-0.25, -0.2) is 4.79 Å². The van der Waals surface area contributed by atoms with Crippen LogP contribution in [0.15, 0.2) is 33.5 Å². The molecule has 1 aliphatic rings. The van der Waals surface area contributed by atoms with E-state index in [1.54, 1.807) is 6.07 Å². The Hall–Kier alpha value is -1.65. The maximum atomic E-state index is 11.7. The van der Waals surface area contributed by atoms with Gasteiger partial charge in [0.2, 0.25) is 0 Å². The van der Waals surface area contributed by atoms with Crippen LogP contribution in [0.4, 0.5) is 0 Å². The molecule has 1 N–H and O–H groups in total. The van der Waals surface area contributed by atoms with Gasteiger partial charge in [0.05, 0.1) is 13.2 Å². The van der Waals surface area contributed by atoms with Gasteiger partial charge in [0.15, 0.2) is 0 Å². The normalized spacial score (nSPS) is 16.6. The average molecular weight is 274 g/mol. The first-order valence-corrected chi connectivity index (χ1v) is 7.23. The summed E-state index contributed by atoms with van der Waals surface area (Å²) in [5.74, 6) is 0. The Bertz CT molecular complexity index is 656. The van der Waals surface area contributed by atoms with Crippen LogP contribution in [0, 0.1) is 0 Å². The van der Waals surface area contributed by atoms with E-state index in [2.05, 4.69) is 19.1 Å². The second-order valence-corrected chi connectivity index (χ2v) is 5.31. The summed E-state index contributed by atoms with van der Waals surface area (Å²) in [6.45, 7) is 6.55. The van der Waals surface area contributed by atoms with Crippen LogP contribution >= 0.6 is 0 Å². The Kier molecular flexibility index (Phi) is 3.85. The molecule has 1 fully saturated rings. The van der Waals surface area contributed by atoms with Crippen molar-refractivity contribution >= 4 is 11.0 Å². The number of hydrogen-bond donors (Lipinski definition) is 1. The van der Waals surface area contributed by atoms with E-state index in [1.165, 1.54) is 10.5 Å². The van der Waals surface area contributed by atoms with Gasteiger partial charge in [0, 0.05) is 17.0 Å². The predicted molar refractivity (Wildman–Crippen MR) is 77.1 cm³/mol. The maximum Gasteiger partial charge on any atom is 0.336 e. The third-order valence-corrected chi connectivity index (χ3v) is 3.94. The monoisotopic (exact) mass is 274 g/mol. The molecule has 0 bridgehead atoms. The van der Waals surface area contributed by atoms with Crippen LogP contribution in [0.1, 0.15) is 18.1 Å². The van der Waals surface area contributed by atoms with Crippen LogP contribution in [0.2, 0.25) is 0 Å². The quantitative estimate of drug-likeness (QED) is 0.841. The lowest BCUT2D eigenvalue weighted by molar-refractivity contribution is -0.921. The van der Waals surface area contributed by atoms with Crippen LogP contribution in [-0.4, -0.2) is 26.3 Å². The fourth-order valence-electron chi connectivity index (χ4n) is 2.75. The highest BCUT2D eigenvalue weighted by molar-refractivity contribution is 5.80. The fraction of sp³-hybridized carbons (Fsp3) is 0.438. The summed E-state index contributed by atoms with van der Waals surface area (Å²) >= 11 is 0. The van der Waals surface area contributed by atoms with Crippen molar-refractivity contribution in [3.05, 3.63) is 45.8 Å². The molecule has 0 spiro atoms. The maximum absolute atomic E-state index is 11.7. The van der Waals surface area contributed by atoms with E-state index >= 15 is 0 Å². The summed E-state index contributed by atoms with van der Waals surface area (Å²) in [7, 11) is 0. The molecule has 0 aliphatic carbocycles. The van der Waals surface area contributed by atoms with Gasteiger partial charge >= 0.3 is 5.63 Å². The smallest absolute Gasteiger partial charge is 0.336 e. The van der Waals surface area contributed by atoms with Crippen molar-refractivity contribution in [2.24, 2.45) is 0 Å². The van der Waals surface area contributed by atoms with E-state index in [9.17, 15) is 4.79 Å². The fourth-order valence-corrected chi connectivity index (χ4v) is 2.75. The molecule has 20 heavy (non-hydrogen) atoms. The Morgan fingerprint density at radius 2 is 2.00 bits per heavy atom. The van der Waals surface area contributed by atoms with Gasteiger partial charge < -0.3 is 14.1 Å². The van der Waals surface area contributed by atoms with Crippen molar-refractivity contribution in [1.82, 2.24) is 0 Å². The topological polar surface area (TPSA) is 43.9 Å². The number of morpholine rings is 1. The number of hydrogen-bond acceptors (Lipinski definition) is 3. The molecule has 0 amide bonds. The summed E-state index contributed by atoms with van der Waals surface area (Å²) in [6, 6.07) is 7.80. The molecule has 2 heterocycles. The first kappa shape index (κ1) is 13.3. The zero-order chi connectivity index (χ0) is 13.9.